The van der Waals surface area contributed by atoms with Crippen LogP contribution in [0, 0.1) is 0 Å². The molecule has 0 spiro atoms. The normalized spacial score (nSPS) is 11.5. The number of hydrogen-bond acceptors (Lipinski definition) is 1. The first-order chi connectivity index (χ1) is 5.20. The standard InChI is InChI=1S/C10H12O/c1-4-9(3)7-6-8-10(11)5-2/h4-8H,1-2H2,3H3. The topological polar surface area (TPSA) is 17.1 Å². The predicted molar refractivity (Wildman–Crippen MR) is 48.3 cm³/mol. The van der Waals surface area contributed by atoms with E-state index >= 15 is 0 Å². The van der Waals surface area contributed by atoms with Gasteiger partial charge in [0.05, 0.1) is 0 Å². The molecule has 0 atom stereocenters. The van der Waals surface area contributed by atoms with E-state index < -0.39 is 0 Å². The van der Waals surface area contributed by atoms with Crippen LogP contribution < -0.4 is 0 Å². The maximum Gasteiger partial charge on any atom is 0.178 e. The predicted octanol–water partition coefficient (Wildman–Crippen LogP) is 2.43. The molecular formula is C10H12O. The number of ketones is 1. The molecule has 1 heteroatoms. The van der Waals surface area contributed by atoms with E-state index in [1.807, 2.05) is 13.0 Å². The molecule has 0 N–H and O–H groups in total. The van der Waals surface area contributed by atoms with E-state index in [-0.39, 0.29) is 5.78 Å². The van der Waals surface area contributed by atoms with Crippen LogP contribution in [0.15, 0.2) is 49.1 Å². The largest absolute Gasteiger partial charge is 0.290 e. The number of rotatable bonds is 4. The van der Waals surface area contributed by atoms with Crippen LogP contribution in [0.2, 0.25) is 0 Å². The van der Waals surface area contributed by atoms with E-state index in [1.54, 1.807) is 12.2 Å². The molecule has 0 aliphatic heterocycles. The summed E-state index contributed by atoms with van der Waals surface area (Å²) >= 11 is 0. The first-order valence-corrected chi connectivity index (χ1v) is 3.34. The second-order valence-corrected chi connectivity index (χ2v) is 2.08. The quantitative estimate of drug-likeness (QED) is 0.442. The molecular weight excluding hydrogens is 136 g/mol. The van der Waals surface area contributed by atoms with Crippen LogP contribution >= 0.6 is 0 Å². The van der Waals surface area contributed by atoms with Gasteiger partial charge in [-0.05, 0) is 19.1 Å². The second kappa shape index (κ2) is 5.42. The van der Waals surface area contributed by atoms with E-state index in [2.05, 4.69) is 13.2 Å². The Morgan fingerprint density at radius 3 is 2.36 bits per heavy atom. The third-order valence-corrected chi connectivity index (χ3v) is 1.14. The van der Waals surface area contributed by atoms with Gasteiger partial charge in [-0.15, -0.1) is 0 Å². The first-order valence-electron chi connectivity index (χ1n) is 3.34. The summed E-state index contributed by atoms with van der Waals surface area (Å²) in [5.74, 6) is -0.0851. The Hall–Kier alpha value is -1.37. The van der Waals surface area contributed by atoms with Gasteiger partial charge >= 0.3 is 0 Å². The second-order valence-electron chi connectivity index (χ2n) is 2.08. The molecule has 0 aromatic carbocycles. The molecule has 11 heavy (non-hydrogen) atoms. The zero-order chi connectivity index (χ0) is 8.69. The van der Waals surface area contributed by atoms with Crippen LogP contribution in [-0.2, 0) is 4.79 Å². The minimum Gasteiger partial charge on any atom is -0.290 e. The summed E-state index contributed by atoms with van der Waals surface area (Å²) in [5, 5.41) is 0. The zero-order valence-corrected chi connectivity index (χ0v) is 6.71. The zero-order valence-electron chi connectivity index (χ0n) is 6.71. The molecule has 0 amide bonds. The number of hydrogen-bond donors (Lipinski definition) is 0. The maximum atomic E-state index is 10.6. The highest BCUT2D eigenvalue weighted by atomic mass is 16.1. The molecule has 0 aromatic rings. The average molecular weight is 148 g/mol. The van der Waals surface area contributed by atoms with Gasteiger partial charge in [0.1, 0.15) is 0 Å². The van der Waals surface area contributed by atoms with Gasteiger partial charge in [-0.3, -0.25) is 4.79 Å². The molecule has 0 aromatic heterocycles. The van der Waals surface area contributed by atoms with E-state index in [9.17, 15) is 4.79 Å². The summed E-state index contributed by atoms with van der Waals surface area (Å²) in [7, 11) is 0. The van der Waals surface area contributed by atoms with Crippen molar-refractivity contribution in [2.45, 2.75) is 6.92 Å². The molecule has 0 heterocycles. The molecule has 0 saturated carbocycles. The highest BCUT2D eigenvalue weighted by Gasteiger charge is 1.81. The Morgan fingerprint density at radius 1 is 1.27 bits per heavy atom. The summed E-state index contributed by atoms with van der Waals surface area (Å²) in [6.07, 6.45) is 7.95. The molecule has 0 rings (SSSR count). The average Bonchev–Trinajstić information content (AvgIpc) is 2.04. The van der Waals surface area contributed by atoms with Gasteiger partial charge in [0.15, 0.2) is 5.78 Å². The molecule has 0 radical (unpaired) electrons. The third-order valence-electron chi connectivity index (χ3n) is 1.14. The lowest BCUT2D eigenvalue weighted by atomic mass is 10.2. The van der Waals surface area contributed by atoms with Crippen molar-refractivity contribution >= 4 is 5.78 Å². The van der Waals surface area contributed by atoms with Crippen molar-refractivity contribution < 1.29 is 4.79 Å². The van der Waals surface area contributed by atoms with Crippen LogP contribution in [0.3, 0.4) is 0 Å². The van der Waals surface area contributed by atoms with E-state index in [1.165, 1.54) is 12.2 Å². The Bertz CT molecular complexity index is 219. The molecule has 1 nitrogen and oxygen atoms in total. The number of carbonyl (C=O) groups is 1. The van der Waals surface area contributed by atoms with E-state index in [0.29, 0.717) is 0 Å². The summed E-state index contributed by atoms with van der Waals surface area (Å²) in [6, 6.07) is 0. The molecule has 0 aliphatic rings. The fourth-order valence-corrected chi connectivity index (χ4v) is 0.431. The van der Waals surface area contributed by atoms with Crippen molar-refractivity contribution in [3.8, 4) is 0 Å². The highest BCUT2D eigenvalue weighted by Crippen LogP contribution is 1.92. The van der Waals surface area contributed by atoms with Gasteiger partial charge in [0.2, 0.25) is 0 Å². The van der Waals surface area contributed by atoms with Crippen molar-refractivity contribution in [1.82, 2.24) is 0 Å². The Labute approximate surface area is 67.4 Å². The summed E-state index contributed by atoms with van der Waals surface area (Å²) in [4.78, 5) is 10.6. The van der Waals surface area contributed by atoms with Gasteiger partial charge in [0.25, 0.3) is 0 Å². The summed E-state index contributed by atoms with van der Waals surface area (Å²) < 4.78 is 0. The van der Waals surface area contributed by atoms with Crippen molar-refractivity contribution in [3.05, 3.63) is 49.1 Å². The van der Waals surface area contributed by atoms with Crippen LogP contribution in [-0.4, -0.2) is 5.78 Å². The van der Waals surface area contributed by atoms with Gasteiger partial charge in [-0.1, -0.05) is 37.0 Å². The van der Waals surface area contributed by atoms with Crippen LogP contribution in [0.4, 0.5) is 0 Å². The lowest BCUT2D eigenvalue weighted by Gasteiger charge is -1.83. The molecule has 0 saturated heterocycles. The summed E-state index contributed by atoms with van der Waals surface area (Å²) in [6.45, 7) is 8.82. The monoisotopic (exact) mass is 148 g/mol. The number of allylic oxidation sites excluding steroid dienone is 6. The molecule has 58 valence electrons. The van der Waals surface area contributed by atoms with Crippen molar-refractivity contribution in [2.75, 3.05) is 0 Å². The number of carbonyl (C=O) groups excluding carboxylic acids is 1. The van der Waals surface area contributed by atoms with Gasteiger partial charge in [0, 0.05) is 0 Å². The highest BCUT2D eigenvalue weighted by molar-refractivity contribution is 5.98. The van der Waals surface area contributed by atoms with E-state index in [0.717, 1.165) is 5.57 Å². The Balaban J connectivity index is 4.05. The SMILES string of the molecule is C=CC(=O)C=CC=C(C)C=C. The minimum absolute atomic E-state index is 0.0851. The molecule has 0 aliphatic carbocycles. The fraction of sp³-hybridized carbons (Fsp3) is 0.100. The van der Waals surface area contributed by atoms with Crippen LogP contribution in [0.1, 0.15) is 6.92 Å². The van der Waals surface area contributed by atoms with Gasteiger partial charge in [-0.25, -0.2) is 0 Å². The Kier molecular flexibility index (Phi) is 4.74. The molecule has 0 bridgehead atoms. The molecule has 0 unspecified atom stereocenters. The van der Waals surface area contributed by atoms with Crippen molar-refractivity contribution in [2.24, 2.45) is 0 Å². The fourth-order valence-electron chi connectivity index (χ4n) is 0.431. The lowest BCUT2D eigenvalue weighted by molar-refractivity contribution is -0.110. The smallest absolute Gasteiger partial charge is 0.178 e. The van der Waals surface area contributed by atoms with Crippen LogP contribution in [0.25, 0.3) is 0 Å². The molecule has 0 fully saturated rings. The van der Waals surface area contributed by atoms with Gasteiger partial charge in [-0.2, -0.15) is 0 Å². The van der Waals surface area contributed by atoms with Crippen molar-refractivity contribution in [3.63, 3.8) is 0 Å². The first kappa shape index (κ1) is 9.63. The lowest BCUT2D eigenvalue weighted by Crippen LogP contribution is -1.81. The van der Waals surface area contributed by atoms with Crippen LogP contribution in [0.5, 0.6) is 0 Å². The van der Waals surface area contributed by atoms with E-state index in [4.69, 9.17) is 0 Å². The minimum atomic E-state index is -0.0851. The van der Waals surface area contributed by atoms with Gasteiger partial charge < -0.3 is 0 Å². The van der Waals surface area contributed by atoms with Crippen molar-refractivity contribution in [1.29, 1.82) is 0 Å². The Morgan fingerprint density at radius 2 is 1.91 bits per heavy atom. The third kappa shape index (κ3) is 5.09. The summed E-state index contributed by atoms with van der Waals surface area (Å²) in [5.41, 5.74) is 1.03. The maximum absolute atomic E-state index is 10.6.